The predicted octanol–water partition coefficient (Wildman–Crippen LogP) is 2.55. The normalized spacial score (nSPS) is 16.9. The van der Waals surface area contributed by atoms with E-state index in [1.165, 1.54) is 0 Å². The maximum absolute atomic E-state index is 12.2. The van der Waals surface area contributed by atoms with Gasteiger partial charge in [0.1, 0.15) is 12.4 Å². The fraction of sp³-hybridized carbons (Fsp3) is 0.235. The van der Waals surface area contributed by atoms with Crippen molar-refractivity contribution in [2.45, 2.75) is 13.0 Å². The van der Waals surface area contributed by atoms with Crippen molar-refractivity contribution in [2.24, 2.45) is 5.92 Å². The number of rotatable bonds is 3. The number of fused-ring (bicyclic) bond motifs is 1. The van der Waals surface area contributed by atoms with Crippen LogP contribution in [0.4, 0.5) is 0 Å². The van der Waals surface area contributed by atoms with Gasteiger partial charge in [-0.1, -0.05) is 48.5 Å². The summed E-state index contributed by atoms with van der Waals surface area (Å²) in [5, 5.41) is 2.98. The summed E-state index contributed by atoms with van der Waals surface area (Å²) in [7, 11) is 0. The largest absolute Gasteiger partial charge is 0.492 e. The molecule has 1 N–H and O–H groups in total. The standard InChI is InChI=1S/C17H17NO2/c19-17(18-11-13-6-2-1-3-7-13)15-10-14-8-4-5-9-16(14)20-12-15/h1-9,15H,10-12H2,(H,18,19)/t15-/m0/s1. The lowest BCUT2D eigenvalue weighted by molar-refractivity contribution is -0.126. The lowest BCUT2D eigenvalue weighted by Gasteiger charge is -2.24. The number of ether oxygens (including phenoxy) is 1. The first-order valence-electron chi connectivity index (χ1n) is 6.85. The van der Waals surface area contributed by atoms with Crippen molar-refractivity contribution >= 4 is 5.91 Å². The number of amides is 1. The maximum atomic E-state index is 12.2. The van der Waals surface area contributed by atoms with Crippen LogP contribution in [0.25, 0.3) is 0 Å². The average molecular weight is 267 g/mol. The molecule has 0 aliphatic carbocycles. The number of para-hydroxylation sites is 1. The third-order valence-electron chi connectivity index (χ3n) is 3.56. The summed E-state index contributed by atoms with van der Waals surface area (Å²) < 4.78 is 5.65. The van der Waals surface area contributed by atoms with Gasteiger partial charge >= 0.3 is 0 Å². The molecule has 2 aromatic rings. The fourth-order valence-electron chi connectivity index (χ4n) is 2.43. The van der Waals surface area contributed by atoms with Gasteiger partial charge in [0.2, 0.25) is 5.91 Å². The van der Waals surface area contributed by atoms with Crippen LogP contribution < -0.4 is 10.1 Å². The van der Waals surface area contributed by atoms with E-state index >= 15 is 0 Å². The van der Waals surface area contributed by atoms with E-state index in [-0.39, 0.29) is 11.8 Å². The maximum Gasteiger partial charge on any atom is 0.227 e. The number of carbonyl (C=O) groups is 1. The minimum Gasteiger partial charge on any atom is -0.492 e. The van der Waals surface area contributed by atoms with Crippen molar-refractivity contribution < 1.29 is 9.53 Å². The molecule has 20 heavy (non-hydrogen) atoms. The first kappa shape index (κ1) is 12.7. The number of hydrogen-bond donors (Lipinski definition) is 1. The van der Waals surface area contributed by atoms with Gasteiger partial charge in [-0.3, -0.25) is 4.79 Å². The van der Waals surface area contributed by atoms with Gasteiger partial charge in [0.25, 0.3) is 0 Å². The van der Waals surface area contributed by atoms with Gasteiger partial charge in [-0.2, -0.15) is 0 Å². The molecule has 1 aliphatic heterocycles. The number of carbonyl (C=O) groups excluding carboxylic acids is 1. The zero-order chi connectivity index (χ0) is 13.8. The summed E-state index contributed by atoms with van der Waals surface area (Å²) in [5.74, 6) is 0.858. The second-order valence-corrected chi connectivity index (χ2v) is 5.02. The average Bonchev–Trinajstić information content (AvgIpc) is 2.53. The van der Waals surface area contributed by atoms with Gasteiger partial charge in [-0.15, -0.1) is 0 Å². The highest BCUT2D eigenvalue weighted by Crippen LogP contribution is 2.26. The highest BCUT2D eigenvalue weighted by atomic mass is 16.5. The summed E-state index contributed by atoms with van der Waals surface area (Å²) in [5.41, 5.74) is 2.22. The summed E-state index contributed by atoms with van der Waals surface area (Å²) in [6, 6.07) is 17.8. The molecule has 1 atom stereocenters. The molecule has 0 spiro atoms. The van der Waals surface area contributed by atoms with Crippen LogP contribution in [0.5, 0.6) is 5.75 Å². The molecule has 0 saturated carbocycles. The van der Waals surface area contributed by atoms with Crippen LogP contribution in [0.15, 0.2) is 54.6 Å². The van der Waals surface area contributed by atoms with Gasteiger partial charge in [-0.25, -0.2) is 0 Å². The Balaban J connectivity index is 1.59. The molecule has 3 rings (SSSR count). The van der Waals surface area contributed by atoms with E-state index < -0.39 is 0 Å². The van der Waals surface area contributed by atoms with Gasteiger partial charge in [-0.05, 0) is 23.6 Å². The van der Waals surface area contributed by atoms with Crippen LogP contribution in [0.3, 0.4) is 0 Å². The molecule has 1 aliphatic rings. The molecule has 1 heterocycles. The van der Waals surface area contributed by atoms with E-state index in [0.717, 1.165) is 23.3 Å². The second kappa shape index (κ2) is 5.78. The van der Waals surface area contributed by atoms with E-state index in [1.54, 1.807) is 0 Å². The monoisotopic (exact) mass is 267 g/mol. The van der Waals surface area contributed by atoms with E-state index in [0.29, 0.717) is 13.2 Å². The van der Waals surface area contributed by atoms with Crippen molar-refractivity contribution in [1.82, 2.24) is 5.32 Å². The van der Waals surface area contributed by atoms with E-state index in [1.807, 2.05) is 54.6 Å². The first-order chi connectivity index (χ1) is 9.83. The summed E-state index contributed by atoms with van der Waals surface area (Å²) in [6.07, 6.45) is 0.747. The first-order valence-corrected chi connectivity index (χ1v) is 6.85. The molecule has 3 heteroatoms. The molecule has 0 bridgehead atoms. The van der Waals surface area contributed by atoms with Crippen LogP contribution in [-0.4, -0.2) is 12.5 Å². The molecule has 0 aromatic heterocycles. The van der Waals surface area contributed by atoms with Crippen molar-refractivity contribution in [3.8, 4) is 5.75 Å². The van der Waals surface area contributed by atoms with E-state index in [9.17, 15) is 4.79 Å². The molecular formula is C17H17NO2. The molecular weight excluding hydrogens is 250 g/mol. The molecule has 0 saturated heterocycles. The zero-order valence-corrected chi connectivity index (χ0v) is 11.2. The van der Waals surface area contributed by atoms with Crippen LogP contribution in [0, 0.1) is 5.92 Å². The van der Waals surface area contributed by atoms with E-state index in [4.69, 9.17) is 4.74 Å². The summed E-state index contributed by atoms with van der Waals surface area (Å²) in [6.45, 7) is 1.02. The SMILES string of the molecule is O=C(NCc1ccccc1)[C@@H]1COc2ccccc2C1. The Morgan fingerprint density at radius 1 is 1.10 bits per heavy atom. The Labute approximate surface area is 118 Å². The van der Waals surface area contributed by atoms with Gasteiger partial charge in [0.15, 0.2) is 0 Å². The molecule has 0 radical (unpaired) electrons. The molecule has 102 valence electrons. The summed E-state index contributed by atoms with van der Waals surface area (Å²) >= 11 is 0. The van der Waals surface area contributed by atoms with Crippen molar-refractivity contribution in [2.75, 3.05) is 6.61 Å². The van der Waals surface area contributed by atoms with Gasteiger partial charge in [0, 0.05) is 6.54 Å². The Kier molecular flexibility index (Phi) is 3.68. The minimum absolute atomic E-state index is 0.0587. The van der Waals surface area contributed by atoms with Crippen LogP contribution in [0.2, 0.25) is 0 Å². The Hall–Kier alpha value is -2.29. The molecule has 2 aromatic carbocycles. The van der Waals surface area contributed by atoms with Crippen LogP contribution in [-0.2, 0) is 17.8 Å². The topological polar surface area (TPSA) is 38.3 Å². The van der Waals surface area contributed by atoms with Gasteiger partial charge < -0.3 is 10.1 Å². The highest BCUT2D eigenvalue weighted by molar-refractivity contribution is 5.79. The van der Waals surface area contributed by atoms with Crippen molar-refractivity contribution in [1.29, 1.82) is 0 Å². The lowest BCUT2D eigenvalue weighted by Crippen LogP contribution is -2.37. The lowest BCUT2D eigenvalue weighted by atomic mass is 9.96. The number of hydrogen-bond acceptors (Lipinski definition) is 2. The third kappa shape index (κ3) is 2.82. The number of nitrogens with one attached hydrogen (secondary N) is 1. The Morgan fingerprint density at radius 3 is 2.70 bits per heavy atom. The number of benzene rings is 2. The molecule has 3 nitrogen and oxygen atoms in total. The Bertz CT molecular complexity index is 595. The third-order valence-corrected chi connectivity index (χ3v) is 3.56. The quantitative estimate of drug-likeness (QED) is 0.928. The summed E-state index contributed by atoms with van der Waals surface area (Å²) in [4.78, 5) is 12.2. The fourth-order valence-corrected chi connectivity index (χ4v) is 2.43. The van der Waals surface area contributed by atoms with E-state index in [2.05, 4.69) is 5.32 Å². The van der Waals surface area contributed by atoms with Crippen molar-refractivity contribution in [3.05, 3.63) is 65.7 Å². The van der Waals surface area contributed by atoms with Crippen LogP contribution in [0.1, 0.15) is 11.1 Å². The second-order valence-electron chi connectivity index (χ2n) is 5.02. The molecule has 1 amide bonds. The van der Waals surface area contributed by atoms with Crippen LogP contribution >= 0.6 is 0 Å². The highest BCUT2D eigenvalue weighted by Gasteiger charge is 2.25. The zero-order valence-electron chi connectivity index (χ0n) is 11.2. The molecule has 0 fully saturated rings. The predicted molar refractivity (Wildman–Crippen MR) is 77.4 cm³/mol. The smallest absolute Gasteiger partial charge is 0.227 e. The molecule has 0 unspecified atom stereocenters. The Morgan fingerprint density at radius 2 is 1.85 bits per heavy atom. The minimum atomic E-state index is -0.103. The van der Waals surface area contributed by atoms with Gasteiger partial charge in [0.05, 0.1) is 5.92 Å². The van der Waals surface area contributed by atoms with Crippen molar-refractivity contribution in [3.63, 3.8) is 0 Å².